The molecule has 1 fully saturated rings. The average molecular weight is 190 g/mol. The lowest BCUT2D eigenvalue weighted by atomic mass is 9.82. The summed E-state index contributed by atoms with van der Waals surface area (Å²) in [6.45, 7) is 0.00625. The van der Waals surface area contributed by atoms with Gasteiger partial charge in [0.25, 0.3) is 0 Å². The predicted octanol–water partition coefficient (Wildman–Crippen LogP) is 0.967. The van der Waals surface area contributed by atoms with E-state index in [-0.39, 0.29) is 18.4 Å². The maximum atomic E-state index is 10.5. The van der Waals surface area contributed by atoms with Gasteiger partial charge in [-0.15, -0.1) is 0 Å². The zero-order valence-electron chi connectivity index (χ0n) is 6.95. The number of carboxylic acid groups (broad SMARTS) is 1. The fourth-order valence-corrected chi connectivity index (χ4v) is 2.81. The van der Waals surface area contributed by atoms with Crippen LogP contribution in [0.4, 0.5) is 0 Å². The molecule has 1 heterocycles. The Hall–Kier alpha value is -0.220. The third-order valence-corrected chi connectivity index (χ3v) is 3.66. The van der Waals surface area contributed by atoms with Gasteiger partial charge in [-0.2, -0.15) is 11.8 Å². The quantitative estimate of drug-likeness (QED) is 0.696. The summed E-state index contributed by atoms with van der Waals surface area (Å²) in [6, 6.07) is 0. The Kier molecular flexibility index (Phi) is 3.40. The summed E-state index contributed by atoms with van der Waals surface area (Å²) in [6.07, 6.45) is 1.98. The highest BCUT2D eigenvalue weighted by Gasteiger charge is 2.33. The monoisotopic (exact) mass is 190 g/mol. The van der Waals surface area contributed by atoms with E-state index in [9.17, 15) is 4.79 Å². The van der Waals surface area contributed by atoms with E-state index in [0.717, 1.165) is 24.3 Å². The van der Waals surface area contributed by atoms with Crippen LogP contribution in [-0.4, -0.2) is 34.3 Å². The molecule has 4 heteroatoms. The molecule has 12 heavy (non-hydrogen) atoms. The molecular weight excluding hydrogens is 176 g/mol. The zero-order chi connectivity index (χ0) is 9.03. The van der Waals surface area contributed by atoms with Crippen LogP contribution in [0.3, 0.4) is 0 Å². The lowest BCUT2D eigenvalue weighted by Gasteiger charge is -2.33. The summed E-state index contributed by atoms with van der Waals surface area (Å²) in [5.41, 5.74) is -0.339. The third kappa shape index (κ3) is 2.38. The van der Waals surface area contributed by atoms with E-state index < -0.39 is 5.97 Å². The minimum Gasteiger partial charge on any atom is -0.481 e. The average Bonchev–Trinajstić information content (AvgIpc) is 2.05. The van der Waals surface area contributed by atoms with Crippen LogP contribution in [0.2, 0.25) is 0 Å². The lowest BCUT2D eigenvalue weighted by Crippen LogP contribution is -2.34. The van der Waals surface area contributed by atoms with E-state index in [1.807, 2.05) is 0 Å². The molecule has 0 aromatic rings. The first-order valence-electron chi connectivity index (χ1n) is 4.09. The number of aliphatic carboxylic acids is 1. The van der Waals surface area contributed by atoms with E-state index in [0.29, 0.717) is 0 Å². The van der Waals surface area contributed by atoms with Crippen molar-refractivity contribution in [2.75, 3.05) is 18.1 Å². The van der Waals surface area contributed by atoms with Crippen molar-refractivity contribution in [2.45, 2.75) is 19.3 Å². The number of rotatable bonds is 3. The second-order valence-corrected chi connectivity index (χ2v) is 4.49. The summed E-state index contributed by atoms with van der Waals surface area (Å²) in [5.74, 6) is 1.09. The molecule has 2 N–H and O–H groups in total. The minimum absolute atomic E-state index is 0.00625. The second kappa shape index (κ2) is 4.14. The van der Waals surface area contributed by atoms with E-state index in [4.69, 9.17) is 10.2 Å². The standard InChI is InChI=1S/C8H14O3S/c9-5-8(4-7(10)11)2-1-3-12-6-8/h9H,1-6H2,(H,10,11). The number of carboxylic acids is 1. The van der Waals surface area contributed by atoms with Crippen molar-refractivity contribution in [2.24, 2.45) is 5.41 Å². The van der Waals surface area contributed by atoms with Crippen LogP contribution in [0.15, 0.2) is 0 Å². The second-order valence-electron chi connectivity index (χ2n) is 3.38. The Bertz CT molecular complexity index is 164. The van der Waals surface area contributed by atoms with E-state index in [1.54, 1.807) is 11.8 Å². The van der Waals surface area contributed by atoms with Gasteiger partial charge in [-0.3, -0.25) is 4.79 Å². The minimum atomic E-state index is -0.799. The van der Waals surface area contributed by atoms with E-state index in [2.05, 4.69) is 0 Å². The molecule has 1 unspecified atom stereocenters. The first-order valence-corrected chi connectivity index (χ1v) is 5.24. The molecule has 0 aromatic heterocycles. The maximum Gasteiger partial charge on any atom is 0.304 e. The van der Waals surface area contributed by atoms with Crippen LogP contribution in [-0.2, 0) is 4.79 Å². The van der Waals surface area contributed by atoms with Gasteiger partial charge in [0, 0.05) is 11.2 Å². The van der Waals surface area contributed by atoms with Crippen molar-refractivity contribution in [3.8, 4) is 0 Å². The molecule has 0 spiro atoms. The fourth-order valence-electron chi connectivity index (χ4n) is 1.55. The molecule has 70 valence electrons. The van der Waals surface area contributed by atoms with Crippen molar-refractivity contribution >= 4 is 17.7 Å². The van der Waals surface area contributed by atoms with Gasteiger partial charge in [0.15, 0.2) is 0 Å². The Morgan fingerprint density at radius 2 is 2.33 bits per heavy atom. The highest BCUT2D eigenvalue weighted by Crippen LogP contribution is 2.36. The van der Waals surface area contributed by atoms with Gasteiger partial charge < -0.3 is 10.2 Å². The summed E-state index contributed by atoms with van der Waals surface area (Å²) in [5, 5.41) is 17.8. The van der Waals surface area contributed by atoms with Gasteiger partial charge >= 0.3 is 5.97 Å². The van der Waals surface area contributed by atoms with Gasteiger partial charge in [0.2, 0.25) is 0 Å². The van der Waals surface area contributed by atoms with Gasteiger partial charge in [-0.1, -0.05) is 0 Å². The molecule has 0 amide bonds. The Morgan fingerprint density at radius 1 is 1.58 bits per heavy atom. The first-order chi connectivity index (χ1) is 5.68. The van der Waals surface area contributed by atoms with Gasteiger partial charge in [-0.25, -0.2) is 0 Å². The fraction of sp³-hybridized carbons (Fsp3) is 0.875. The van der Waals surface area contributed by atoms with Crippen molar-refractivity contribution in [3.05, 3.63) is 0 Å². The highest BCUT2D eigenvalue weighted by molar-refractivity contribution is 7.99. The number of aliphatic hydroxyl groups excluding tert-OH is 1. The molecule has 0 aromatic carbocycles. The van der Waals surface area contributed by atoms with Gasteiger partial charge in [0.1, 0.15) is 0 Å². The number of hydrogen-bond acceptors (Lipinski definition) is 3. The summed E-state index contributed by atoms with van der Waals surface area (Å²) < 4.78 is 0. The van der Waals surface area contributed by atoms with Crippen LogP contribution < -0.4 is 0 Å². The molecule has 0 aliphatic carbocycles. The molecule has 3 nitrogen and oxygen atoms in total. The zero-order valence-corrected chi connectivity index (χ0v) is 7.77. The maximum absolute atomic E-state index is 10.5. The normalized spacial score (nSPS) is 30.1. The molecule has 1 atom stereocenters. The van der Waals surface area contributed by atoms with Gasteiger partial charge in [0.05, 0.1) is 13.0 Å². The SMILES string of the molecule is O=C(O)CC1(CO)CCCSC1. The number of aliphatic hydroxyl groups is 1. The molecule has 1 aliphatic rings. The molecule has 0 radical (unpaired) electrons. The van der Waals surface area contributed by atoms with Crippen molar-refractivity contribution < 1.29 is 15.0 Å². The van der Waals surface area contributed by atoms with E-state index in [1.165, 1.54) is 0 Å². The van der Waals surface area contributed by atoms with Gasteiger partial charge in [-0.05, 0) is 18.6 Å². The first kappa shape index (κ1) is 9.86. The van der Waals surface area contributed by atoms with E-state index >= 15 is 0 Å². The number of thioether (sulfide) groups is 1. The third-order valence-electron chi connectivity index (χ3n) is 2.27. The lowest BCUT2D eigenvalue weighted by molar-refractivity contribution is -0.140. The predicted molar refractivity (Wildman–Crippen MR) is 48.3 cm³/mol. The van der Waals surface area contributed by atoms with Crippen LogP contribution in [0, 0.1) is 5.41 Å². The Morgan fingerprint density at radius 3 is 2.75 bits per heavy atom. The number of hydrogen-bond donors (Lipinski definition) is 2. The summed E-state index contributed by atoms with van der Waals surface area (Å²) >= 11 is 1.75. The summed E-state index contributed by atoms with van der Waals surface area (Å²) in [7, 11) is 0. The van der Waals surface area contributed by atoms with Crippen LogP contribution >= 0.6 is 11.8 Å². The molecule has 1 aliphatic heterocycles. The topological polar surface area (TPSA) is 57.5 Å². The Labute approximate surface area is 76.2 Å². The van der Waals surface area contributed by atoms with Crippen molar-refractivity contribution in [1.29, 1.82) is 0 Å². The Balaban J connectivity index is 2.53. The van der Waals surface area contributed by atoms with Crippen molar-refractivity contribution in [1.82, 2.24) is 0 Å². The molecule has 1 saturated heterocycles. The molecular formula is C8H14O3S. The number of carbonyl (C=O) groups is 1. The molecule has 1 rings (SSSR count). The molecule has 0 bridgehead atoms. The van der Waals surface area contributed by atoms with Crippen LogP contribution in [0.1, 0.15) is 19.3 Å². The summed E-state index contributed by atoms with van der Waals surface area (Å²) in [4.78, 5) is 10.5. The van der Waals surface area contributed by atoms with Crippen LogP contribution in [0.5, 0.6) is 0 Å². The highest BCUT2D eigenvalue weighted by atomic mass is 32.2. The smallest absolute Gasteiger partial charge is 0.304 e. The largest absolute Gasteiger partial charge is 0.481 e. The van der Waals surface area contributed by atoms with Crippen LogP contribution in [0.25, 0.3) is 0 Å². The van der Waals surface area contributed by atoms with Crippen molar-refractivity contribution in [3.63, 3.8) is 0 Å². The molecule has 0 saturated carbocycles.